The monoisotopic (exact) mass is 263 g/mol. The minimum Gasteiger partial charge on any atom is -0.480 e. The van der Waals surface area contributed by atoms with E-state index < -0.39 is 0 Å². The summed E-state index contributed by atoms with van der Waals surface area (Å²) < 4.78 is 12.3. The van der Waals surface area contributed by atoms with E-state index in [2.05, 4.69) is 20.3 Å². The molecule has 19 heavy (non-hydrogen) atoms. The molecule has 2 rings (SSSR count). The third-order valence-electron chi connectivity index (χ3n) is 2.86. The fraction of sp³-hybridized carbons (Fsp3) is 0.417. The lowest BCUT2D eigenvalue weighted by atomic mass is 10.1. The van der Waals surface area contributed by atoms with E-state index in [1.54, 1.807) is 32.9 Å². The fourth-order valence-corrected chi connectivity index (χ4v) is 1.88. The molecule has 1 N–H and O–H groups in total. The molecule has 2 aromatic heterocycles. The number of aryl methyl sites for hydroxylation is 1. The molecule has 0 aliphatic carbocycles. The number of aromatic nitrogens is 4. The molecule has 0 aliphatic heterocycles. The lowest BCUT2D eigenvalue weighted by molar-refractivity contribution is 0.352. The van der Waals surface area contributed by atoms with Crippen molar-refractivity contribution in [3.63, 3.8) is 0 Å². The van der Waals surface area contributed by atoms with E-state index in [0.29, 0.717) is 17.5 Å². The van der Waals surface area contributed by atoms with Crippen LogP contribution in [0.1, 0.15) is 17.4 Å². The summed E-state index contributed by atoms with van der Waals surface area (Å²) in [6.07, 6.45) is 5.09. The molecule has 102 valence electrons. The van der Waals surface area contributed by atoms with Crippen LogP contribution in [-0.4, -0.2) is 40.8 Å². The Kier molecular flexibility index (Phi) is 3.96. The van der Waals surface area contributed by atoms with Crippen LogP contribution >= 0.6 is 0 Å². The molecule has 2 aromatic rings. The highest BCUT2D eigenvalue weighted by molar-refractivity contribution is 5.31. The van der Waals surface area contributed by atoms with Crippen LogP contribution in [0.25, 0.3) is 0 Å². The number of methoxy groups -OCH3 is 2. The van der Waals surface area contributed by atoms with Gasteiger partial charge in [-0.15, -0.1) is 0 Å². The zero-order valence-corrected chi connectivity index (χ0v) is 11.4. The normalized spacial score (nSPS) is 12.2. The number of hydrogen-bond donors (Lipinski definition) is 1. The van der Waals surface area contributed by atoms with Crippen molar-refractivity contribution in [1.29, 1.82) is 0 Å². The first-order chi connectivity index (χ1) is 9.21. The first kappa shape index (κ1) is 13.3. The Hall–Kier alpha value is -2.15. The molecule has 0 saturated heterocycles. The second-order valence-corrected chi connectivity index (χ2v) is 3.96. The van der Waals surface area contributed by atoms with Crippen LogP contribution < -0.4 is 14.8 Å². The van der Waals surface area contributed by atoms with Crippen molar-refractivity contribution in [3.05, 3.63) is 30.1 Å². The smallest absolute Gasteiger partial charge is 0.240 e. The molecule has 7 nitrogen and oxygen atoms in total. The molecule has 2 heterocycles. The van der Waals surface area contributed by atoms with E-state index in [4.69, 9.17) is 9.47 Å². The summed E-state index contributed by atoms with van der Waals surface area (Å²) in [5, 5.41) is 3.19. The minimum absolute atomic E-state index is 0.152. The van der Waals surface area contributed by atoms with Gasteiger partial charge in [-0.1, -0.05) is 0 Å². The van der Waals surface area contributed by atoms with Crippen LogP contribution in [0.4, 0.5) is 0 Å². The molecule has 0 amide bonds. The summed E-state index contributed by atoms with van der Waals surface area (Å²) in [5.41, 5.74) is 1.66. The average Bonchev–Trinajstić information content (AvgIpc) is 2.86. The third-order valence-corrected chi connectivity index (χ3v) is 2.86. The third kappa shape index (κ3) is 2.50. The number of imidazole rings is 1. The summed E-state index contributed by atoms with van der Waals surface area (Å²) in [6, 6.07) is -0.152. The first-order valence-corrected chi connectivity index (χ1v) is 5.79. The maximum absolute atomic E-state index is 5.29. The van der Waals surface area contributed by atoms with Crippen LogP contribution in [0.15, 0.2) is 18.7 Å². The van der Waals surface area contributed by atoms with Crippen LogP contribution in [0.5, 0.6) is 11.8 Å². The average molecular weight is 263 g/mol. The van der Waals surface area contributed by atoms with E-state index in [1.165, 1.54) is 0 Å². The summed E-state index contributed by atoms with van der Waals surface area (Å²) >= 11 is 0. The molecule has 0 aliphatic rings. The predicted molar refractivity (Wildman–Crippen MR) is 69.2 cm³/mol. The summed E-state index contributed by atoms with van der Waals surface area (Å²) in [5.74, 6) is 0.848. The van der Waals surface area contributed by atoms with Gasteiger partial charge in [0.05, 0.1) is 44.7 Å². The van der Waals surface area contributed by atoms with Gasteiger partial charge in [-0.3, -0.25) is 0 Å². The highest BCUT2D eigenvalue weighted by Gasteiger charge is 2.22. The van der Waals surface area contributed by atoms with Gasteiger partial charge in [0.1, 0.15) is 5.69 Å². The van der Waals surface area contributed by atoms with Crippen molar-refractivity contribution in [3.8, 4) is 11.8 Å². The Bertz CT molecular complexity index is 555. The maximum atomic E-state index is 5.29. The van der Waals surface area contributed by atoms with Crippen LogP contribution in [0.3, 0.4) is 0 Å². The molecule has 7 heteroatoms. The molecular formula is C12H17N5O2. The Morgan fingerprint density at radius 1 is 1.26 bits per heavy atom. The molecule has 0 bridgehead atoms. The number of nitrogens with one attached hydrogen (secondary N) is 1. The first-order valence-electron chi connectivity index (χ1n) is 5.79. The number of ether oxygens (including phenoxy) is 2. The van der Waals surface area contributed by atoms with Crippen molar-refractivity contribution in [1.82, 2.24) is 24.8 Å². The van der Waals surface area contributed by atoms with E-state index in [0.717, 1.165) is 5.69 Å². The lowest BCUT2D eigenvalue weighted by Gasteiger charge is -2.18. The van der Waals surface area contributed by atoms with Gasteiger partial charge in [0, 0.05) is 7.05 Å². The molecule has 1 atom stereocenters. The largest absolute Gasteiger partial charge is 0.480 e. The van der Waals surface area contributed by atoms with Gasteiger partial charge in [-0.2, -0.15) is 4.98 Å². The van der Waals surface area contributed by atoms with Gasteiger partial charge in [0.25, 0.3) is 0 Å². The van der Waals surface area contributed by atoms with Crippen molar-refractivity contribution in [2.75, 3.05) is 21.3 Å². The van der Waals surface area contributed by atoms with E-state index in [9.17, 15) is 0 Å². The zero-order valence-electron chi connectivity index (χ0n) is 11.4. The molecular weight excluding hydrogens is 246 g/mol. The quantitative estimate of drug-likeness (QED) is 0.848. The molecule has 0 spiro atoms. The van der Waals surface area contributed by atoms with Crippen LogP contribution in [0, 0.1) is 0 Å². The summed E-state index contributed by atoms with van der Waals surface area (Å²) in [7, 11) is 6.88. The number of rotatable bonds is 5. The zero-order chi connectivity index (χ0) is 13.8. The molecule has 0 aromatic carbocycles. The van der Waals surface area contributed by atoms with E-state index in [-0.39, 0.29) is 6.04 Å². The number of hydrogen-bond acceptors (Lipinski definition) is 6. The van der Waals surface area contributed by atoms with Crippen LogP contribution in [-0.2, 0) is 7.05 Å². The van der Waals surface area contributed by atoms with E-state index >= 15 is 0 Å². The second-order valence-electron chi connectivity index (χ2n) is 3.96. The van der Waals surface area contributed by atoms with Crippen molar-refractivity contribution in [2.45, 2.75) is 6.04 Å². The van der Waals surface area contributed by atoms with Crippen LogP contribution in [0.2, 0.25) is 0 Å². The van der Waals surface area contributed by atoms with Gasteiger partial charge >= 0.3 is 0 Å². The highest BCUT2D eigenvalue weighted by atomic mass is 16.5. The molecule has 0 saturated carbocycles. The van der Waals surface area contributed by atoms with Gasteiger partial charge in [-0.05, 0) is 7.05 Å². The van der Waals surface area contributed by atoms with Crippen molar-refractivity contribution >= 4 is 0 Å². The minimum atomic E-state index is -0.152. The van der Waals surface area contributed by atoms with Crippen molar-refractivity contribution < 1.29 is 9.47 Å². The maximum Gasteiger partial charge on any atom is 0.240 e. The molecule has 0 radical (unpaired) electrons. The Balaban J connectivity index is 2.46. The van der Waals surface area contributed by atoms with Gasteiger partial charge in [0.15, 0.2) is 0 Å². The second kappa shape index (κ2) is 5.66. The van der Waals surface area contributed by atoms with Gasteiger partial charge in [0.2, 0.25) is 11.8 Å². The Morgan fingerprint density at radius 2 is 2.05 bits per heavy atom. The fourth-order valence-electron chi connectivity index (χ4n) is 1.88. The standard InChI is InChI=1S/C12H17N5O2/c1-13-10(8-5-14-7-17(8)2)11-12(19-4)16-9(18-3)6-15-11/h5-7,10,13H,1-4H3. The highest BCUT2D eigenvalue weighted by Crippen LogP contribution is 2.27. The summed E-state index contributed by atoms with van der Waals surface area (Å²) in [6.45, 7) is 0. The lowest BCUT2D eigenvalue weighted by Crippen LogP contribution is -2.22. The topological polar surface area (TPSA) is 74.1 Å². The van der Waals surface area contributed by atoms with E-state index in [1.807, 2.05) is 18.7 Å². The predicted octanol–water partition coefficient (Wildman–Crippen LogP) is 0.536. The summed E-state index contributed by atoms with van der Waals surface area (Å²) in [4.78, 5) is 12.7. The SMILES string of the molecule is CNC(c1ncc(OC)nc1OC)c1cncn1C. The molecule has 0 fully saturated rings. The van der Waals surface area contributed by atoms with Gasteiger partial charge in [-0.25, -0.2) is 9.97 Å². The van der Waals surface area contributed by atoms with Crippen molar-refractivity contribution in [2.24, 2.45) is 7.05 Å². The Morgan fingerprint density at radius 3 is 2.58 bits per heavy atom. The van der Waals surface area contributed by atoms with Gasteiger partial charge < -0.3 is 19.4 Å². The molecule has 1 unspecified atom stereocenters. The Labute approximate surface area is 111 Å². The number of nitrogens with zero attached hydrogens (tertiary/aromatic N) is 4.